The first kappa shape index (κ1) is 27.1. The van der Waals surface area contributed by atoms with Crippen LogP contribution in [0.25, 0.3) is 10.9 Å². The van der Waals surface area contributed by atoms with Crippen LogP contribution in [0.3, 0.4) is 0 Å². The molecule has 0 aliphatic heterocycles. The second kappa shape index (κ2) is 13.6. The highest BCUT2D eigenvalue weighted by atomic mass is 16.5. The van der Waals surface area contributed by atoms with Gasteiger partial charge in [0.15, 0.2) is 0 Å². The van der Waals surface area contributed by atoms with Gasteiger partial charge in [0, 0.05) is 31.0 Å². The Balaban J connectivity index is 1.51. The normalized spacial score (nSPS) is 12.1. The third kappa shape index (κ3) is 7.78. The van der Waals surface area contributed by atoms with Crippen LogP contribution in [0.2, 0.25) is 0 Å². The lowest BCUT2D eigenvalue weighted by molar-refractivity contribution is -0.137. The summed E-state index contributed by atoms with van der Waals surface area (Å²) in [5.41, 5.74) is 3.20. The van der Waals surface area contributed by atoms with Crippen molar-refractivity contribution >= 4 is 16.9 Å². The molecule has 0 unspecified atom stereocenters. The summed E-state index contributed by atoms with van der Waals surface area (Å²) in [4.78, 5) is 28.1. The zero-order chi connectivity index (χ0) is 26.7. The highest BCUT2D eigenvalue weighted by Crippen LogP contribution is 2.31. The first-order valence-electron chi connectivity index (χ1n) is 13.0. The monoisotopic (exact) mass is 514 g/mol. The number of hydrogen-bond acceptors (Lipinski definition) is 5. The Bertz CT molecular complexity index is 1370. The van der Waals surface area contributed by atoms with Crippen molar-refractivity contribution in [3.8, 4) is 5.75 Å². The van der Waals surface area contributed by atoms with E-state index in [0.29, 0.717) is 42.9 Å². The lowest BCUT2D eigenvalue weighted by Gasteiger charge is -2.26. The average Bonchev–Trinajstić information content (AvgIpc) is 2.92. The lowest BCUT2D eigenvalue weighted by atomic mass is 10.0. The van der Waals surface area contributed by atoms with Gasteiger partial charge in [-0.05, 0) is 48.2 Å². The fourth-order valence-electron chi connectivity index (χ4n) is 4.60. The van der Waals surface area contributed by atoms with Gasteiger partial charge in [0.05, 0.1) is 11.6 Å². The number of benzene rings is 3. The number of aliphatic hydroxyl groups excluding tert-OH is 1. The van der Waals surface area contributed by atoms with E-state index in [0.717, 1.165) is 35.9 Å². The van der Waals surface area contributed by atoms with Gasteiger partial charge in [0.2, 0.25) is 5.56 Å². The highest BCUT2D eigenvalue weighted by Gasteiger charge is 2.18. The average molecular weight is 515 g/mol. The maximum Gasteiger partial charge on any atom is 0.303 e. The Hall–Kier alpha value is -3.94. The van der Waals surface area contributed by atoms with E-state index in [9.17, 15) is 14.7 Å². The number of hydrogen-bond donors (Lipinski definition) is 3. The molecule has 0 fully saturated rings. The van der Waals surface area contributed by atoms with Crippen molar-refractivity contribution in [3.05, 3.63) is 112 Å². The summed E-state index contributed by atoms with van der Waals surface area (Å²) < 4.78 is 6.04. The number of fused-ring (bicyclic) bond motifs is 1. The van der Waals surface area contributed by atoms with E-state index < -0.39 is 12.1 Å². The molecule has 0 bridgehead atoms. The molecule has 7 nitrogen and oxygen atoms in total. The molecule has 0 spiro atoms. The molecule has 7 heteroatoms. The van der Waals surface area contributed by atoms with Gasteiger partial charge in [-0.2, -0.15) is 0 Å². The van der Waals surface area contributed by atoms with E-state index in [1.165, 1.54) is 6.07 Å². The van der Waals surface area contributed by atoms with E-state index in [-0.39, 0.29) is 12.0 Å². The molecule has 0 aliphatic rings. The summed E-state index contributed by atoms with van der Waals surface area (Å²) in [5.74, 6) is -0.222. The Kier molecular flexibility index (Phi) is 9.67. The molecule has 4 rings (SSSR count). The van der Waals surface area contributed by atoms with E-state index in [4.69, 9.17) is 9.84 Å². The van der Waals surface area contributed by atoms with Gasteiger partial charge in [0.25, 0.3) is 0 Å². The molecule has 3 aromatic carbocycles. The number of rotatable bonds is 14. The number of nitrogens with one attached hydrogen (secondary N) is 1. The number of carboxylic acids is 1. The fourth-order valence-corrected chi connectivity index (χ4v) is 4.60. The fraction of sp³-hybridized carbons (Fsp3) is 0.290. The molecule has 3 N–H and O–H groups in total. The molecule has 0 saturated carbocycles. The van der Waals surface area contributed by atoms with Crippen LogP contribution in [0.1, 0.15) is 48.5 Å². The number of carbonyl (C=O) groups is 1. The number of H-pyrrole nitrogens is 1. The van der Waals surface area contributed by atoms with E-state index in [2.05, 4.69) is 22.0 Å². The second-order valence-electron chi connectivity index (χ2n) is 9.48. The quantitative estimate of drug-likeness (QED) is 0.198. The zero-order valence-corrected chi connectivity index (χ0v) is 21.4. The largest absolute Gasteiger partial charge is 0.487 e. The minimum Gasteiger partial charge on any atom is -0.487 e. The van der Waals surface area contributed by atoms with Crippen LogP contribution in [0.5, 0.6) is 5.75 Å². The van der Waals surface area contributed by atoms with Gasteiger partial charge in [0.1, 0.15) is 12.4 Å². The number of ether oxygens (including phenoxy) is 1. The Labute approximate surface area is 222 Å². The van der Waals surface area contributed by atoms with Crippen LogP contribution in [-0.2, 0) is 17.9 Å². The Morgan fingerprint density at radius 1 is 0.868 bits per heavy atom. The molecule has 0 saturated heterocycles. The number of unbranched alkanes of at least 4 members (excludes halogenated alkanes) is 2. The van der Waals surface area contributed by atoms with Crippen molar-refractivity contribution in [2.45, 2.75) is 44.9 Å². The Morgan fingerprint density at radius 2 is 1.58 bits per heavy atom. The summed E-state index contributed by atoms with van der Waals surface area (Å²) >= 11 is 0. The topological polar surface area (TPSA) is 103 Å². The third-order valence-electron chi connectivity index (χ3n) is 6.53. The molecular weight excluding hydrogens is 480 g/mol. The number of pyridine rings is 1. The van der Waals surface area contributed by atoms with Crippen molar-refractivity contribution in [2.24, 2.45) is 0 Å². The number of aliphatic hydroxyl groups is 1. The summed E-state index contributed by atoms with van der Waals surface area (Å²) in [7, 11) is 0. The molecule has 1 heterocycles. The molecule has 38 heavy (non-hydrogen) atoms. The molecule has 1 aromatic heterocycles. The molecular formula is C31H34N2O5. The van der Waals surface area contributed by atoms with Gasteiger partial charge in [-0.3, -0.25) is 14.5 Å². The van der Waals surface area contributed by atoms with Crippen molar-refractivity contribution in [1.29, 1.82) is 0 Å². The predicted octanol–water partition coefficient (Wildman–Crippen LogP) is 5.29. The SMILES string of the molecule is O=C(O)CCCCCN(Cc1ccccc1)C[C@H](O)c1ccc(OCc2ccccc2)c2[nH]c(=O)ccc12. The summed E-state index contributed by atoms with van der Waals surface area (Å²) in [6, 6.07) is 26.7. The maximum absolute atomic E-state index is 12.2. The minimum absolute atomic E-state index is 0.171. The van der Waals surface area contributed by atoms with Gasteiger partial charge in [-0.1, -0.05) is 73.2 Å². The maximum atomic E-state index is 12.2. The zero-order valence-electron chi connectivity index (χ0n) is 21.4. The molecule has 0 radical (unpaired) electrons. The molecule has 198 valence electrons. The van der Waals surface area contributed by atoms with Crippen molar-refractivity contribution in [2.75, 3.05) is 13.1 Å². The number of aliphatic carboxylic acids is 1. The number of nitrogens with zero attached hydrogens (tertiary/aromatic N) is 1. The van der Waals surface area contributed by atoms with Crippen molar-refractivity contribution in [3.63, 3.8) is 0 Å². The van der Waals surface area contributed by atoms with Crippen LogP contribution in [0.15, 0.2) is 89.7 Å². The summed E-state index contributed by atoms with van der Waals surface area (Å²) in [6.07, 6.45) is 1.66. The number of aromatic nitrogens is 1. The van der Waals surface area contributed by atoms with Gasteiger partial charge in [-0.15, -0.1) is 0 Å². The second-order valence-corrected chi connectivity index (χ2v) is 9.48. The summed E-state index contributed by atoms with van der Waals surface area (Å²) in [5, 5.41) is 21.0. The van der Waals surface area contributed by atoms with E-state index >= 15 is 0 Å². The lowest BCUT2D eigenvalue weighted by Crippen LogP contribution is -2.29. The molecule has 4 aromatic rings. The standard InChI is InChI=1S/C31H34N2O5/c34-27(21-33(19-9-3-8-14-30(36)37)20-23-10-4-1-5-11-23)25-15-17-28(31-26(25)16-18-29(35)32-31)38-22-24-12-6-2-7-13-24/h1-2,4-7,10-13,15-18,27,34H,3,8-9,14,19-22H2,(H,32,35)(H,36,37)/t27-/m0/s1. The van der Waals surface area contributed by atoms with Crippen LogP contribution in [0.4, 0.5) is 0 Å². The smallest absolute Gasteiger partial charge is 0.303 e. The Morgan fingerprint density at radius 3 is 2.29 bits per heavy atom. The van der Waals surface area contributed by atoms with Crippen LogP contribution in [0, 0.1) is 0 Å². The first-order valence-corrected chi connectivity index (χ1v) is 13.0. The van der Waals surface area contributed by atoms with E-state index in [1.807, 2.05) is 54.6 Å². The first-order chi connectivity index (χ1) is 18.5. The summed E-state index contributed by atoms with van der Waals surface area (Å²) in [6.45, 7) is 2.16. The third-order valence-corrected chi connectivity index (χ3v) is 6.53. The number of aromatic amines is 1. The van der Waals surface area contributed by atoms with Crippen molar-refractivity contribution in [1.82, 2.24) is 9.88 Å². The van der Waals surface area contributed by atoms with Crippen LogP contribution in [-0.4, -0.2) is 39.2 Å². The minimum atomic E-state index is -0.797. The van der Waals surface area contributed by atoms with E-state index in [1.54, 1.807) is 12.1 Å². The number of carboxylic acid groups (broad SMARTS) is 1. The highest BCUT2D eigenvalue weighted by molar-refractivity contribution is 5.87. The van der Waals surface area contributed by atoms with Gasteiger partial charge in [-0.25, -0.2) is 0 Å². The predicted molar refractivity (Wildman–Crippen MR) is 148 cm³/mol. The molecule has 0 amide bonds. The van der Waals surface area contributed by atoms with Crippen LogP contribution < -0.4 is 10.3 Å². The van der Waals surface area contributed by atoms with Gasteiger partial charge >= 0.3 is 5.97 Å². The van der Waals surface area contributed by atoms with Crippen LogP contribution >= 0.6 is 0 Å². The molecule has 1 atom stereocenters. The van der Waals surface area contributed by atoms with Crippen molar-refractivity contribution < 1.29 is 19.7 Å². The molecule has 0 aliphatic carbocycles. The van der Waals surface area contributed by atoms with Gasteiger partial charge < -0.3 is 19.9 Å².